The van der Waals surface area contributed by atoms with Crippen LogP contribution in [0.3, 0.4) is 0 Å². The summed E-state index contributed by atoms with van der Waals surface area (Å²) in [6.45, 7) is 12.0. The molecule has 0 aromatic heterocycles. The number of rotatable bonds is 15. The Morgan fingerprint density at radius 3 is 2.36 bits per heavy atom. The quantitative estimate of drug-likeness (QED) is 0.138. The van der Waals surface area contributed by atoms with Gasteiger partial charge < -0.3 is 18.9 Å². The first-order valence-electron chi connectivity index (χ1n) is 14.3. The van der Waals surface area contributed by atoms with Crippen LogP contribution in [-0.4, -0.2) is 45.2 Å². The molecule has 6 heteroatoms. The van der Waals surface area contributed by atoms with Gasteiger partial charge in [0.05, 0.1) is 31.4 Å². The van der Waals surface area contributed by atoms with Gasteiger partial charge in [0.25, 0.3) is 0 Å². The summed E-state index contributed by atoms with van der Waals surface area (Å²) >= 11 is 0. The van der Waals surface area contributed by atoms with Crippen LogP contribution in [0, 0.1) is 23.7 Å². The summed E-state index contributed by atoms with van der Waals surface area (Å²) in [7, 11) is 3.36. The molecule has 214 valence electrons. The van der Waals surface area contributed by atoms with Crippen LogP contribution >= 0.6 is 0 Å². The third-order valence-corrected chi connectivity index (χ3v) is 7.74. The Morgan fingerprint density at radius 1 is 1.00 bits per heavy atom. The van der Waals surface area contributed by atoms with Crippen LogP contribution in [0.25, 0.3) is 0 Å². The van der Waals surface area contributed by atoms with Crippen LogP contribution in [0.15, 0.2) is 53.5 Å². The molecule has 0 bridgehead atoms. The second-order valence-corrected chi connectivity index (χ2v) is 11.3. The third kappa shape index (κ3) is 8.82. The predicted octanol–water partition coefficient (Wildman–Crippen LogP) is 7.11. The minimum absolute atomic E-state index is 0.0149. The van der Waals surface area contributed by atoms with Crippen molar-refractivity contribution < 1.29 is 23.7 Å². The van der Waals surface area contributed by atoms with Crippen molar-refractivity contribution in [1.82, 2.24) is 0 Å². The molecule has 6 nitrogen and oxygen atoms in total. The molecule has 1 saturated heterocycles. The Kier molecular flexibility index (Phi) is 11.9. The van der Waals surface area contributed by atoms with E-state index in [2.05, 4.69) is 58.9 Å². The Labute approximate surface area is 235 Å². The summed E-state index contributed by atoms with van der Waals surface area (Å²) in [5.41, 5.74) is 3.34. The number of aliphatic imine (C=N–C) groups is 1. The van der Waals surface area contributed by atoms with Crippen molar-refractivity contribution in [1.29, 1.82) is 0 Å². The van der Waals surface area contributed by atoms with Gasteiger partial charge in [0, 0.05) is 26.6 Å². The van der Waals surface area contributed by atoms with E-state index in [9.17, 15) is 4.79 Å². The standard InChI is InChI=1S/C33H47NO5/c1-22(2)27(18-25-14-15-30(37-7)32(19-25)38-17-11-16-36-6)20-29(31-21-28(23(3)4)33(35)39-31)34-24(5)26-12-9-8-10-13-26/h8-10,12-15,19,22-24,27-28,31H,11,16-18,20-21H2,1-7H3. The van der Waals surface area contributed by atoms with Gasteiger partial charge >= 0.3 is 5.97 Å². The van der Waals surface area contributed by atoms with Crippen molar-refractivity contribution in [2.75, 3.05) is 27.4 Å². The number of hydrogen-bond donors (Lipinski definition) is 0. The lowest BCUT2D eigenvalue weighted by Gasteiger charge is -2.25. The zero-order valence-electron chi connectivity index (χ0n) is 24.8. The third-order valence-electron chi connectivity index (χ3n) is 7.74. The van der Waals surface area contributed by atoms with Gasteiger partial charge in [-0.3, -0.25) is 9.79 Å². The van der Waals surface area contributed by atoms with E-state index >= 15 is 0 Å². The maximum atomic E-state index is 12.7. The highest BCUT2D eigenvalue weighted by molar-refractivity contribution is 5.93. The van der Waals surface area contributed by atoms with E-state index in [4.69, 9.17) is 23.9 Å². The van der Waals surface area contributed by atoms with Crippen LogP contribution in [0.1, 0.15) is 71.0 Å². The second kappa shape index (κ2) is 15.1. The van der Waals surface area contributed by atoms with Gasteiger partial charge in [-0.15, -0.1) is 0 Å². The van der Waals surface area contributed by atoms with Crippen LogP contribution < -0.4 is 9.47 Å². The van der Waals surface area contributed by atoms with Gasteiger partial charge in [-0.1, -0.05) is 64.1 Å². The van der Waals surface area contributed by atoms with Crippen molar-refractivity contribution >= 4 is 11.7 Å². The van der Waals surface area contributed by atoms with Gasteiger partial charge in [-0.05, 0) is 60.8 Å². The molecule has 1 aliphatic heterocycles. The zero-order chi connectivity index (χ0) is 28.4. The van der Waals surface area contributed by atoms with Crippen molar-refractivity contribution in [3.05, 3.63) is 59.7 Å². The van der Waals surface area contributed by atoms with Crippen molar-refractivity contribution in [2.45, 2.75) is 72.4 Å². The number of nitrogens with zero attached hydrogens (tertiary/aromatic N) is 1. The average molecular weight is 538 g/mol. The van der Waals surface area contributed by atoms with Crippen molar-refractivity contribution in [3.63, 3.8) is 0 Å². The Hall–Kier alpha value is -2.86. The lowest BCUT2D eigenvalue weighted by molar-refractivity contribution is -0.143. The van der Waals surface area contributed by atoms with Crippen molar-refractivity contribution in [3.8, 4) is 11.5 Å². The molecule has 1 heterocycles. The minimum atomic E-state index is -0.271. The molecule has 0 saturated carbocycles. The number of carbonyl (C=O) groups is 1. The topological polar surface area (TPSA) is 66.4 Å². The molecule has 4 unspecified atom stereocenters. The molecule has 0 spiro atoms. The predicted molar refractivity (Wildman–Crippen MR) is 157 cm³/mol. The number of hydrogen-bond acceptors (Lipinski definition) is 6. The SMILES string of the molecule is COCCCOc1cc(CC(CC(=NC(C)c2ccccc2)C2CC(C(C)C)C(=O)O2)C(C)C)ccc1OC. The average Bonchev–Trinajstić information content (AvgIpc) is 3.32. The van der Waals surface area contributed by atoms with Gasteiger partial charge in [-0.2, -0.15) is 0 Å². The normalized spacial score (nSPS) is 19.3. The molecule has 0 amide bonds. The number of methoxy groups -OCH3 is 2. The fourth-order valence-corrected chi connectivity index (χ4v) is 5.13. The summed E-state index contributed by atoms with van der Waals surface area (Å²) in [6.07, 6.45) is 2.88. The van der Waals surface area contributed by atoms with Crippen LogP contribution in [0.4, 0.5) is 0 Å². The molecule has 0 aliphatic carbocycles. The molecule has 0 N–H and O–H groups in total. The first-order valence-corrected chi connectivity index (χ1v) is 14.3. The fraction of sp³-hybridized carbons (Fsp3) is 0.576. The Morgan fingerprint density at radius 2 is 1.74 bits per heavy atom. The van der Waals surface area contributed by atoms with E-state index in [-0.39, 0.29) is 30.0 Å². The second-order valence-electron chi connectivity index (χ2n) is 11.3. The van der Waals surface area contributed by atoms with E-state index in [0.717, 1.165) is 42.0 Å². The molecule has 1 fully saturated rings. The summed E-state index contributed by atoms with van der Waals surface area (Å²) in [5.74, 6) is 2.29. The Bertz CT molecular complexity index is 1070. The largest absolute Gasteiger partial charge is 0.493 e. The highest BCUT2D eigenvalue weighted by Crippen LogP contribution is 2.34. The number of esters is 1. The Balaban J connectivity index is 1.85. The summed E-state index contributed by atoms with van der Waals surface area (Å²) in [5, 5.41) is 0. The van der Waals surface area contributed by atoms with E-state index in [1.807, 2.05) is 24.3 Å². The number of benzene rings is 2. The van der Waals surface area contributed by atoms with E-state index in [0.29, 0.717) is 31.5 Å². The maximum Gasteiger partial charge on any atom is 0.310 e. The minimum Gasteiger partial charge on any atom is -0.493 e. The van der Waals surface area contributed by atoms with Gasteiger partial charge in [0.2, 0.25) is 0 Å². The lowest BCUT2D eigenvalue weighted by Crippen LogP contribution is -2.27. The van der Waals surface area contributed by atoms with Crippen LogP contribution in [0.2, 0.25) is 0 Å². The van der Waals surface area contributed by atoms with E-state index < -0.39 is 0 Å². The smallest absolute Gasteiger partial charge is 0.310 e. The molecule has 4 atom stereocenters. The maximum absolute atomic E-state index is 12.7. The molecular formula is C33H47NO5. The zero-order valence-corrected chi connectivity index (χ0v) is 24.8. The molecule has 2 aromatic rings. The first-order chi connectivity index (χ1) is 18.7. The highest BCUT2D eigenvalue weighted by Gasteiger charge is 2.39. The summed E-state index contributed by atoms with van der Waals surface area (Å²) in [6, 6.07) is 16.5. The monoisotopic (exact) mass is 537 g/mol. The first kappa shape index (κ1) is 30.7. The van der Waals surface area contributed by atoms with E-state index in [1.165, 1.54) is 5.56 Å². The van der Waals surface area contributed by atoms with Crippen LogP contribution in [-0.2, 0) is 20.7 Å². The number of cyclic esters (lactones) is 1. The molecule has 2 aromatic carbocycles. The molecular weight excluding hydrogens is 490 g/mol. The molecule has 39 heavy (non-hydrogen) atoms. The molecule has 0 radical (unpaired) electrons. The van der Waals surface area contributed by atoms with Gasteiger partial charge in [0.1, 0.15) is 6.10 Å². The van der Waals surface area contributed by atoms with Crippen molar-refractivity contribution in [2.24, 2.45) is 28.7 Å². The van der Waals surface area contributed by atoms with E-state index in [1.54, 1.807) is 14.2 Å². The number of ether oxygens (including phenoxy) is 4. The fourth-order valence-electron chi connectivity index (χ4n) is 5.13. The lowest BCUT2D eigenvalue weighted by atomic mass is 9.82. The molecule has 3 rings (SSSR count). The van der Waals surface area contributed by atoms with Crippen LogP contribution in [0.5, 0.6) is 11.5 Å². The summed E-state index contributed by atoms with van der Waals surface area (Å²) < 4.78 is 22.7. The van der Waals surface area contributed by atoms with Gasteiger partial charge in [0.15, 0.2) is 11.5 Å². The molecule has 1 aliphatic rings. The highest BCUT2D eigenvalue weighted by atomic mass is 16.6. The number of carbonyl (C=O) groups excluding carboxylic acids is 1. The van der Waals surface area contributed by atoms with Gasteiger partial charge in [-0.25, -0.2) is 0 Å². The summed E-state index contributed by atoms with van der Waals surface area (Å²) in [4.78, 5) is 17.9.